The highest BCUT2D eigenvalue weighted by Crippen LogP contribution is 2.22. The molecule has 0 spiro atoms. The average Bonchev–Trinajstić information content (AvgIpc) is 2.30. The van der Waals surface area contributed by atoms with Gasteiger partial charge in [-0.2, -0.15) is 0 Å². The highest BCUT2D eigenvalue weighted by molar-refractivity contribution is 4.84. The number of nitrogens with zero attached hydrogens (tertiary/aromatic N) is 1. The lowest BCUT2D eigenvalue weighted by molar-refractivity contribution is 0.175. The molecule has 2 saturated heterocycles. The Hall–Kier alpha value is -0.120. The van der Waals surface area contributed by atoms with Crippen LogP contribution in [0.1, 0.15) is 38.5 Å². The number of nitrogens with two attached hydrogens (primary N) is 1. The van der Waals surface area contributed by atoms with E-state index in [4.69, 9.17) is 5.73 Å². The lowest BCUT2D eigenvalue weighted by atomic mass is 9.86. The molecular weight excluding hydrogens is 198 g/mol. The van der Waals surface area contributed by atoms with E-state index in [2.05, 4.69) is 17.3 Å². The molecule has 0 radical (unpaired) electrons. The van der Waals surface area contributed by atoms with Crippen LogP contribution in [0, 0.1) is 5.92 Å². The first-order valence-corrected chi connectivity index (χ1v) is 6.93. The number of hydrogen-bond donors (Lipinski definition) is 2. The second-order valence-electron chi connectivity index (χ2n) is 5.71. The van der Waals surface area contributed by atoms with E-state index >= 15 is 0 Å². The Bertz CT molecular complexity index is 201. The van der Waals surface area contributed by atoms with Crippen LogP contribution in [0.3, 0.4) is 0 Å². The first-order valence-electron chi connectivity index (χ1n) is 6.93. The molecule has 2 heterocycles. The van der Waals surface area contributed by atoms with E-state index in [0.29, 0.717) is 12.1 Å². The minimum atomic E-state index is 0.401. The van der Waals surface area contributed by atoms with Gasteiger partial charge in [0.15, 0.2) is 0 Å². The Morgan fingerprint density at radius 3 is 2.88 bits per heavy atom. The smallest absolute Gasteiger partial charge is 0.00941 e. The van der Waals surface area contributed by atoms with Gasteiger partial charge in [-0.05, 0) is 58.2 Å². The lowest BCUT2D eigenvalue weighted by Crippen LogP contribution is -2.46. The SMILES string of the molecule is CN1CCCC(C(N)CC2CCCCN2)C1. The van der Waals surface area contributed by atoms with Crippen LogP contribution in [0.2, 0.25) is 0 Å². The van der Waals surface area contributed by atoms with Crippen molar-refractivity contribution in [1.29, 1.82) is 0 Å². The second-order valence-corrected chi connectivity index (χ2v) is 5.71. The van der Waals surface area contributed by atoms with Gasteiger partial charge in [-0.25, -0.2) is 0 Å². The molecule has 0 aromatic heterocycles. The van der Waals surface area contributed by atoms with Gasteiger partial charge in [0.1, 0.15) is 0 Å². The van der Waals surface area contributed by atoms with Gasteiger partial charge in [-0.15, -0.1) is 0 Å². The maximum Gasteiger partial charge on any atom is 0.00941 e. The Labute approximate surface area is 99.8 Å². The molecule has 16 heavy (non-hydrogen) atoms. The maximum absolute atomic E-state index is 6.37. The molecule has 0 aliphatic carbocycles. The molecule has 3 nitrogen and oxygen atoms in total. The fourth-order valence-corrected chi connectivity index (χ4v) is 3.20. The molecule has 3 N–H and O–H groups in total. The molecule has 3 heteroatoms. The third kappa shape index (κ3) is 3.44. The van der Waals surface area contributed by atoms with E-state index in [9.17, 15) is 0 Å². The molecule has 0 aromatic rings. The molecule has 0 amide bonds. The van der Waals surface area contributed by atoms with Gasteiger partial charge in [-0.1, -0.05) is 6.42 Å². The summed E-state index contributed by atoms with van der Waals surface area (Å²) in [5, 5.41) is 3.61. The van der Waals surface area contributed by atoms with Crippen molar-refractivity contribution < 1.29 is 0 Å². The summed E-state index contributed by atoms with van der Waals surface area (Å²) in [7, 11) is 2.22. The lowest BCUT2D eigenvalue weighted by Gasteiger charge is -2.35. The summed E-state index contributed by atoms with van der Waals surface area (Å²) < 4.78 is 0. The van der Waals surface area contributed by atoms with Crippen molar-refractivity contribution in [2.45, 2.75) is 50.6 Å². The highest BCUT2D eigenvalue weighted by Gasteiger charge is 2.25. The average molecular weight is 225 g/mol. The fraction of sp³-hybridized carbons (Fsp3) is 1.00. The minimum Gasteiger partial charge on any atom is -0.327 e. The molecule has 3 atom stereocenters. The first-order chi connectivity index (χ1) is 7.75. The molecule has 2 aliphatic heterocycles. The number of nitrogens with one attached hydrogen (secondary N) is 1. The van der Waals surface area contributed by atoms with Crippen LogP contribution in [0.5, 0.6) is 0 Å². The fourth-order valence-electron chi connectivity index (χ4n) is 3.20. The molecule has 0 aromatic carbocycles. The number of piperidine rings is 2. The third-order valence-electron chi connectivity index (χ3n) is 4.24. The van der Waals surface area contributed by atoms with E-state index in [0.717, 1.165) is 5.92 Å². The van der Waals surface area contributed by atoms with Gasteiger partial charge >= 0.3 is 0 Å². The van der Waals surface area contributed by atoms with E-state index in [1.54, 1.807) is 0 Å². The first kappa shape index (κ1) is 12.3. The molecule has 2 rings (SSSR count). The van der Waals surface area contributed by atoms with E-state index in [1.807, 2.05) is 0 Å². The molecular formula is C13H27N3. The van der Waals surface area contributed by atoms with Gasteiger partial charge in [0.05, 0.1) is 0 Å². The van der Waals surface area contributed by atoms with Crippen molar-refractivity contribution in [3.05, 3.63) is 0 Å². The standard InChI is InChI=1S/C13H27N3/c1-16-8-4-5-11(10-16)13(14)9-12-6-2-3-7-15-12/h11-13,15H,2-10,14H2,1H3. The van der Waals surface area contributed by atoms with Gasteiger partial charge in [0.2, 0.25) is 0 Å². The van der Waals surface area contributed by atoms with Crippen molar-refractivity contribution in [2.24, 2.45) is 11.7 Å². The van der Waals surface area contributed by atoms with E-state index < -0.39 is 0 Å². The van der Waals surface area contributed by atoms with Crippen LogP contribution >= 0.6 is 0 Å². The topological polar surface area (TPSA) is 41.3 Å². The molecule has 2 aliphatic rings. The summed E-state index contributed by atoms with van der Waals surface area (Å²) in [6, 6.07) is 1.09. The van der Waals surface area contributed by atoms with Crippen molar-refractivity contribution >= 4 is 0 Å². The van der Waals surface area contributed by atoms with Gasteiger partial charge in [0.25, 0.3) is 0 Å². The highest BCUT2D eigenvalue weighted by atomic mass is 15.1. The van der Waals surface area contributed by atoms with Crippen LogP contribution in [0.25, 0.3) is 0 Å². The Balaban J connectivity index is 1.75. The van der Waals surface area contributed by atoms with Gasteiger partial charge in [-0.3, -0.25) is 0 Å². The van der Waals surface area contributed by atoms with Gasteiger partial charge in [0, 0.05) is 18.6 Å². The summed E-state index contributed by atoms with van der Waals surface area (Å²) >= 11 is 0. The predicted octanol–water partition coefficient (Wildman–Crippen LogP) is 1.19. The summed E-state index contributed by atoms with van der Waals surface area (Å²) in [4.78, 5) is 2.43. The van der Waals surface area contributed by atoms with Gasteiger partial charge < -0.3 is 16.0 Å². The van der Waals surface area contributed by atoms with Crippen molar-refractivity contribution in [3.63, 3.8) is 0 Å². The number of likely N-dealkylation sites (tertiary alicyclic amines) is 1. The van der Waals surface area contributed by atoms with E-state index in [-0.39, 0.29) is 0 Å². The maximum atomic E-state index is 6.37. The van der Waals surface area contributed by atoms with Crippen LogP contribution < -0.4 is 11.1 Å². The molecule has 0 bridgehead atoms. The summed E-state index contributed by atoms with van der Waals surface area (Å²) in [5.74, 6) is 0.725. The number of rotatable bonds is 3. The molecule has 0 saturated carbocycles. The van der Waals surface area contributed by atoms with Crippen LogP contribution in [-0.2, 0) is 0 Å². The van der Waals surface area contributed by atoms with Crippen molar-refractivity contribution in [2.75, 3.05) is 26.7 Å². The molecule has 3 unspecified atom stereocenters. The van der Waals surface area contributed by atoms with Crippen molar-refractivity contribution in [3.8, 4) is 0 Å². The Morgan fingerprint density at radius 2 is 2.19 bits per heavy atom. The molecule has 2 fully saturated rings. The minimum absolute atomic E-state index is 0.401. The Kier molecular flexibility index (Phi) is 4.62. The largest absolute Gasteiger partial charge is 0.327 e. The van der Waals surface area contributed by atoms with Crippen LogP contribution in [0.15, 0.2) is 0 Å². The number of hydrogen-bond acceptors (Lipinski definition) is 3. The van der Waals surface area contributed by atoms with E-state index in [1.165, 1.54) is 58.2 Å². The predicted molar refractivity (Wildman–Crippen MR) is 68.5 cm³/mol. The zero-order valence-electron chi connectivity index (χ0n) is 10.6. The second kappa shape index (κ2) is 5.99. The zero-order valence-corrected chi connectivity index (χ0v) is 10.6. The van der Waals surface area contributed by atoms with Crippen LogP contribution in [-0.4, -0.2) is 43.7 Å². The molecule has 94 valence electrons. The van der Waals surface area contributed by atoms with Crippen molar-refractivity contribution in [1.82, 2.24) is 10.2 Å². The zero-order chi connectivity index (χ0) is 11.4. The summed E-state index contributed by atoms with van der Waals surface area (Å²) in [6.07, 6.45) is 7.90. The summed E-state index contributed by atoms with van der Waals surface area (Å²) in [5.41, 5.74) is 6.37. The quantitative estimate of drug-likeness (QED) is 0.758. The third-order valence-corrected chi connectivity index (χ3v) is 4.24. The Morgan fingerprint density at radius 1 is 1.31 bits per heavy atom. The normalized spacial score (nSPS) is 34.9. The van der Waals surface area contributed by atoms with Crippen LogP contribution in [0.4, 0.5) is 0 Å². The monoisotopic (exact) mass is 225 g/mol. The summed E-state index contributed by atoms with van der Waals surface area (Å²) in [6.45, 7) is 3.65.